The van der Waals surface area contributed by atoms with E-state index < -0.39 is 0 Å². The summed E-state index contributed by atoms with van der Waals surface area (Å²) in [6.45, 7) is 2.94. The van der Waals surface area contributed by atoms with Crippen LogP contribution in [0.2, 0.25) is 0 Å². The van der Waals surface area contributed by atoms with Crippen LogP contribution < -0.4 is 14.8 Å². The Hall–Kier alpha value is -2.86. The Kier molecular flexibility index (Phi) is 6.22. The maximum atomic E-state index is 5.86. The standard InChI is InChI=1S/C20H23N3O3/c1-15(21-2)14-19-22-20(26-23-19)17-10-6-7-11-18(17)25-13-12-24-16-8-4-3-5-9-16/h3-11,15,21H,12-14H2,1-2H3. The predicted molar refractivity (Wildman–Crippen MR) is 99.4 cm³/mol. The van der Waals surface area contributed by atoms with E-state index in [4.69, 9.17) is 14.0 Å². The van der Waals surface area contributed by atoms with E-state index in [-0.39, 0.29) is 6.04 Å². The monoisotopic (exact) mass is 353 g/mol. The van der Waals surface area contributed by atoms with Crippen molar-refractivity contribution in [1.29, 1.82) is 0 Å². The number of nitrogens with one attached hydrogen (secondary N) is 1. The number of nitrogens with zero attached hydrogens (tertiary/aromatic N) is 2. The van der Waals surface area contributed by atoms with Crippen LogP contribution in [0, 0.1) is 0 Å². The second kappa shape index (κ2) is 9.01. The smallest absolute Gasteiger partial charge is 0.261 e. The molecule has 0 aliphatic heterocycles. The highest BCUT2D eigenvalue weighted by molar-refractivity contribution is 5.62. The summed E-state index contributed by atoms with van der Waals surface area (Å²) in [5.41, 5.74) is 0.781. The van der Waals surface area contributed by atoms with Crippen LogP contribution in [0.5, 0.6) is 11.5 Å². The molecule has 0 fully saturated rings. The molecule has 0 amide bonds. The van der Waals surface area contributed by atoms with E-state index in [0.717, 1.165) is 11.3 Å². The van der Waals surface area contributed by atoms with E-state index >= 15 is 0 Å². The maximum Gasteiger partial charge on any atom is 0.261 e. The van der Waals surface area contributed by atoms with Crippen molar-refractivity contribution in [3.63, 3.8) is 0 Å². The normalized spacial score (nSPS) is 11.9. The molecule has 26 heavy (non-hydrogen) atoms. The Labute approximate surface area is 153 Å². The van der Waals surface area contributed by atoms with Gasteiger partial charge in [-0.2, -0.15) is 4.98 Å². The van der Waals surface area contributed by atoms with Gasteiger partial charge >= 0.3 is 0 Å². The van der Waals surface area contributed by atoms with Gasteiger partial charge < -0.3 is 19.3 Å². The highest BCUT2D eigenvalue weighted by Crippen LogP contribution is 2.28. The van der Waals surface area contributed by atoms with Crippen LogP contribution in [-0.2, 0) is 6.42 Å². The van der Waals surface area contributed by atoms with E-state index in [1.807, 2.05) is 61.6 Å². The SMILES string of the molecule is CNC(C)Cc1noc(-c2ccccc2OCCOc2ccccc2)n1. The van der Waals surface area contributed by atoms with Crippen LogP contribution in [-0.4, -0.2) is 36.4 Å². The summed E-state index contributed by atoms with van der Waals surface area (Å²) in [6.07, 6.45) is 0.702. The minimum absolute atomic E-state index is 0.280. The summed E-state index contributed by atoms with van der Waals surface area (Å²) in [5.74, 6) is 2.65. The molecule has 6 nitrogen and oxygen atoms in total. The lowest BCUT2D eigenvalue weighted by molar-refractivity contribution is 0.217. The summed E-state index contributed by atoms with van der Waals surface area (Å²) >= 11 is 0. The van der Waals surface area contributed by atoms with Gasteiger partial charge in [-0.1, -0.05) is 35.5 Å². The van der Waals surface area contributed by atoms with Crippen molar-refractivity contribution < 1.29 is 14.0 Å². The fourth-order valence-corrected chi connectivity index (χ4v) is 2.42. The Balaban J connectivity index is 1.61. The molecule has 3 rings (SSSR count). The van der Waals surface area contributed by atoms with E-state index in [2.05, 4.69) is 22.4 Å². The quantitative estimate of drug-likeness (QED) is 0.595. The average Bonchev–Trinajstić information content (AvgIpc) is 3.14. The molecule has 1 heterocycles. The summed E-state index contributed by atoms with van der Waals surface area (Å²) in [7, 11) is 1.91. The highest BCUT2D eigenvalue weighted by atomic mass is 16.5. The van der Waals surface area contributed by atoms with Crippen molar-refractivity contribution in [3.05, 3.63) is 60.4 Å². The van der Waals surface area contributed by atoms with Gasteiger partial charge in [0.05, 0.1) is 5.56 Å². The average molecular weight is 353 g/mol. The van der Waals surface area contributed by atoms with Gasteiger partial charge in [-0.05, 0) is 38.2 Å². The molecule has 0 saturated carbocycles. The van der Waals surface area contributed by atoms with Crippen molar-refractivity contribution in [2.24, 2.45) is 0 Å². The molecule has 0 aliphatic rings. The number of benzene rings is 2. The first-order valence-electron chi connectivity index (χ1n) is 8.66. The first-order valence-corrected chi connectivity index (χ1v) is 8.66. The third-order valence-corrected chi connectivity index (χ3v) is 3.92. The van der Waals surface area contributed by atoms with Crippen LogP contribution in [0.25, 0.3) is 11.5 Å². The highest BCUT2D eigenvalue weighted by Gasteiger charge is 2.15. The number of likely N-dealkylation sites (N-methyl/N-ethyl adjacent to an activating group) is 1. The second-order valence-corrected chi connectivity index (χ2v) is 5.92. The first-order chi connectivity index (χ1) is 12.8. The summed E-state index contributed by atoms with van der Waals surface area (Å²) in [4.78, 5) is 4.48. The first kappa shape index (κ1) is 17.9. The topological polar surface area (TPSA) is 69.4 Å². The third kappa shape index (κ3) is 4.83. The van der Waals surface area contributed by atoms with Crippen LogP contribution in [0.4, 0.5) is 0 Å². The number of hydrogen-bond donors (Lipinski definition) is 1. The summed E-state index contributed by atoms with van der Waals surface area (Å²) in [5, 5.41) is 7.21. The third-order valence-electron chi connectivity index (χ3n) is 3.92. The van der Waals surface area contributed by atoms with E-state index in [0.29, 0.717) is 37.1 Å². The van der Waals surface area contributed by atoms with Crippen LogP contribution in [0.3, 0.4) is 0 Å². The second-order valence-electron chi connectivity index (χ2n) is 5.92. The zero-order chi connectivity index (χ0) is 18.2. The fraction of sp³-hybridized carbons (Fsp3) is 0.300. The lowest BCUT2D eigenvalue weighted by Crippen LogP contribution is -2.24. The molecular weight excluding hydrogens is 330 g/mol. The number of ether oxygens (including phenoxy) is 2. The molecule has 1 unspecified atom stereocenters. The maximum absolute atomic E-state index is 5.86. The molecule has 1 N–H and O–H groups in total. The molecule has 0 radical (unpaired) electrons. The Morgan fingerprint density at radius 2 is 1.73 bits per heavy atom. The van der Waals surface area contributed by atoms with Crippen molar-refractivity contribution >= 4 is 0 Å². The summed E-state index contributed by atoms with van der Waals surface area (Å²) in [6, 6.07) is 17.6. The van der Waals surface area contributed by atoms with Crippen molar-refractivity contribution in [3.8, 4) is 23.0 Å². The zero-order valence-electron chi connectivity index (χ0n) is 15.0. The molecule has 0 bridgehead atoms. The van der Waals surface area contributed by atoms with Gasteiger partial charge in [-0.3, -0.25) is 0 Å². The van der Waals surface area contributed by atoms with Crippen molar-refractivity contribution in [1.82, 2.24) is 15.5 Å². The Morgan fingerprint density at radius 3 is 2.54 bits per heavy atom. The molecule has 3 aromatic rings. The number of para-hydroxylation sites is 2. The van der Waals surface area contributed by atoms with Crippen molar-refractivity contribution in [2.45, 2.75) is 19.4 Å². The fourth-order valence-electron chi connectivity index (χ4n) is 2.42. The molecule has 1 aromatic heterocycles. The van der Waals surface area contributed by atoms with Gasteiger partial charge in [0.1, 0.15) is 24.7 Å². The van der Waals surface area contributed by atoms with Crippen LogP contribution >= 0.6 is 0 Å². The minimum Gasteiger partial charge on any atom is -0.490 e. The van der Waals surface area contributed by atoms with Gasteiger partial charge in [0.25, 0.3) is 5.89 Å². The largest absolute Gasteiger partial charge is 0.490 e. The van der Waals surface area contributed by atoms with Gasteiger partial charge in [0, 0.05) is 12.5 Å². The minimum atomic E-state index is 0.280. The van der Waals surface area contributed by atoms with Gasteiger partial charge in [0.2, 0.25) is 0 Å². The van der Waals surface area contributed by atoms with Gasteiger partial charge in [0.15, 0.2) is 5.82 Å². The van der Waals surface area contributed by atoms with Gasteiger partial charge in [-0.15, -0.1) is 0 Å². The Bertz CT molecular complexity index is 805. The van der Waals surface area contributed by atoms with E-state index in [1.54, 1.807) is 0 Å². The summed E-state index contributed by atoms with van der Waals surface area (Å²) < 4.78 is 16.9. The number of rotatable bonds is 9. The lowest BCUT2D eigenvalue weighted by Gasteiger charge is -2.10. The van der Waals surface area contributed by atoms with Crippen LogP contribution in [0.1, 0.15) is 12.7 Å². The molecule has 0 aliphatic carbocycles. The lowest BCUT2D eigenvalue weighted by atomic mass is 10.2. The molecular formula is C20H23N3O3. The number of hydrogen-bond acceptors (Lipinski definition) is 6. The predicted octanol–water partition coefficient (Wildman–Crippen LogP) is 3.34. The molecule has 2 aromatic carbocycles. The molecule has 136 valence electrons. The molecule has 0 spiro atoms. The van der Waals surface area contributed by atoms with E-state index in [1.165, 1.54) is 0 Å². The van der Waals surface area contributed by atoms with Crippen molar-refractivity contribution in [2.75, 3.05) is 20.3 Å². The zero-order valence-corrected chi connectivity index (χ0v) is 15.0. The number of aromatic nitrogens is 2. The van der Waals surface area contributed by atoms with E-state index in [9.17, 15) is 0 Å². The Morgan fingerprint density at radius 1 is 1.00 bits per heavy atom. The molecule has 0 saturated heterocycles. The van der Waals surface area contributed by atoms with Gasteiger partial charge in [-0.25, -0.2) is 0 Å². The molecule has 1 atom stereocenters. The molecule has 6 heteroatoms. The van der Waals surface area contributed by atoms with Crippen LogP contribution in [0.15, 0.2) is 59.1 Å².